The zero-order valence-corrected chi connectivity index (χ0v) is 11.1. The van der Waals surface area contributed by atoms with Crippen molar-refractivity contribution in [3.05, 3.63) is 0 Å². The van der Waals surface area contributed by atoms with Crippen molar-refractivity contribution in [2.75, 3.05) is 7.11 Å². The second-order valence-electron chi connectivity index (χ2n) is 5.46. The highest BCUT2D eigenvalue weighted by Gasteiger charge is 2.43. The number of esters is 1. The minimum atomic E-state index is -0.407. The third-order valence-electron chi connectivity index (χ3n) is 3.79. The highest BCUT2D eigenvalue weighted by atomic mass is 16.5. The average molecular weight is 214 g/mol. The van der Waals surface area contributed by atoms with Crippen LogP contribution in [0.3, 0.4) is 0 Å². The number of hydrogen-bond acceptors (Lipinski definition) is 2. The SMILES string of the molecule is CCCCCC(C)(C)C(C)(C)C(=O)OC. The first-order chi connectivity index (χ1) is 6.79. The van der Waals surface area contributed by atoms with E-state index in [2.05, 4.69) is 20.8 Å². The van der Waals surface area contributed by atoms with E-state index >= 15 is 0 Å². The largest absolute Gasteiger partial charge is 0.469 e. The van der Waals surface area contributed by atoms with Gasteiger partial charge in [-0.15, -0.1) is 0 Å². The van der Waals surface area contributed by atoms with E-state index in [0.717, 1.165) is 6.42 Å². The van der Waals surface area contributed by atoms with E-state index in [0.29, 0.717) is 0 Å². The first-order valence-corrected chi connectivity index (χ1v) is 5.88. The van der Waals surface area contributed by atoms with E-state index in [1.54, 1.807) is 0 Å². The van der Waals surface area contributed by atoms with E-state index in [9.17, 15) is 4.79 Å². The molecule has 0 aliphatic rings. The molecule has 0 radical (unpaired) electrons. The van der Waals surface area contributed by atoms with Crippen molar-refractivity contribution in [3.8, 4) is 0 Å². The lowest BCUT2D eigenvalue weighted by molar-refractivity contribution is -0.158. The number of methoxy groups -OCH3 is 1. The minimum Gasteiger partial charge on any atom is -0.469 e. The van der Waals surface area contributed by atoms with Crippen LogP contribution in [0, 0.1) is 10.8 Å². The van der Waals surface area contributed by atoms with Crippen molar-refractivity contribution in [2.24, 2.45) is 10.8 Å². The van der Waals surface area contributed by atoms with Crippen LogP contribution in [0.1, 0.15) is 60.3 Å². The second-order valence-corrected chi connectivity index (χ2v) is 5.46. The lowest BCUT2D eigenvalue weighted by atomic mass is 9.65. The van der Waals surface area contributed by atoms with Gasteiger partial charge in [0.2, 0.25) is 0 Å². The van der Waals surface area contributed by atoms with Crippen LogP contribution in [0.2, 0.25) is 0 Å². The maximum Gasteiger partial charge on any atom is 0.311 e. The molecule has 0 aromatic rings. The van der Waals surface area contributed by atoms with E-state index in [4.69, 9.17) is 4.74 Å². The summed E-state index contributed by atoms with van der Waals surface area (Å²) in [5.74, 6) is -0.107. The number of ether oxygens (including phenoxy) is 1. The zero-order valence-electron chi connectivity index (χ0n) is 11.1. The molecule has 0 saturated carbocycles. The van der Waals surface area contributed by atoms with Crippen LogP contribution in [0.15, 0.2) is 0 Å². The molecule has 0 fully saturated rings. The predicted molar refractivity (Wildman–Crippen MR) is 63.7 cm³/mol. The summed E-state index contributed by atoms with van der Waals surface area (Å²) in [4.78, 5) is 11.7. The molecule has 2 nitrogen and oxygen atoms in total. The van der Waals surface area contributed by atoms with Gasteiger partial charge >= 0.3 is 5.97 Å². The molecule has 0 aliphatic heterocycles. The summed E-state index contributed by atoms with van der Waals surface area (Å²) in [5.41, 5.74) is -0.412. The third kappa shape index (κ3) is 3.51. The van der Waals surface area contributed by atoms with Crippen LogP contribution in [0.5, 0.6) is 0 Å². The number of hydrogen-bond donors (Lipinski definition) is 0. The molecule has 0 aliphatic carbocycles. The molecule has 0 bridgehead atoms. The number of carbonyl (C=O) groups excluding carboxylic acids is 1. The Bertz CT molecular complexity index is 205. The van der Waals surface area contributed by atoms with Crippen LogP contribution in [0.4, 0.5) is 0 Å². The molecule has 0 unspecified atom stereocenters. The van der Waals surface area contributed by atoms with Crippen LogP contribution in [-0.4, -0.2) is 13.1 Å². The summed E-state index contributed by atoms with van der Waals surface area (Å²) >= 11 is 0. The molecule has 0 rings (SSSR count). The summed E-state index contributed by atoms with van der Waals surface area (Å²) in [6.07, 6.45) is 4.71. The topological polar surface area (TPSA) is 26.3 Å². The van der Waals surface area contributed by atoms with Crippen molar-refractivity contribution >= 4 is 5.97 Å². The fourth-order valence-electron chi connectivity index (χ4n) is 1.66. The van der Waals surface area contributed by atoms with Gasteiger partial charge in [-0.05, 0) is 25.7 Å². The van der Waals surface area contributed by atoms with E-state index in [-0.39, 0.29) is 11.4 Å². The Morgan fingerprint density at radius 1 is 1.13 bits per heavy atom. The van der Waals surface area contributed by atoms with Gasteiger partial charge in [-0.1, -0.05) is 40.0 Å². The van der Waals surface area contributed by atoms with Gasteiger partial charge in [-0.25, -0.2) is 0 Å². The molecule has 0 amide bonds. The van der Waals surface area contributed by atoms with Crippen LogP contribution in [0.25, 0.3) is 0 Å². The first kappa shape index (κ1) is 14.5. The lowest BCUT2D eigenvalue weighted by Gasteiger charge is -2.39. The monoisotopic (exact) mass is 214 g/mol. The Balaban J connectivity index is 4.47. The van der Waals surface area contributed by atoms with Crippen LogP contribution in [-0.2, 0) is 9.53 Å². The molecule has 0 saturated heterocycles. The van der Waals surface area contributed by atoms with Gasteiger partial charge in [-0.2, -0.15) is 0 Å². The summed E-state index contributed by atoms with van der Waals surface area (Å²) < 4.78 is 4.87. The van der Waals surface area contributed by atoms with E-state index in [1.165, 1.54) is 26.4 Å². The predicted octanol–water partition coefficient (Wildman–Crippen LogP) is 3.79. The molecular weight excluding hydrogens is 188 g/mol. The summed E-state index contributed by atoms with van der Waals surface area (Å²) in [6, 6.07) is 0. The Hall–Kier alpha value is -0.530. The molecule has 0 aromatic carbocycles. The average Bonchev–Trinajstić information content (AvgIpc) is 2.16. The number of rotatable bonds is 6. The van der Waals surface area contributed by atoms with Gasteiger partial charge in [0.1, 0.15) is 0 Å². The maximum atomic E-state index is 11.7. The van der Waals surface area contributed by atoms with Crippen molar-refractivity contribution in [3.63, 3.8) is 0 Å². The maximum absolute atomic E-state index is 11.7. The smallest absolute Gasteiger partial charge is 0.311 e. The summed E-state index contributed by atoms with van der Waals surface area (Å²) in [7, 11) is 1.46. The Labute approximate surface area is 94.4 Å². The van der Waals surface area contributed by atoms with Gasteiger partial charge < -0.3 is 4.74 Å². The molecule has 0 spiro atoms. The van der Waals surface area contributed by atoms with Crippen molar-refractivity contribution < 1.29 is 9.53 Å². The van der Waals surface area contributed by atoms with Crippen molar-refractivity contribution in [1.82, 2.24) is 0 Å². The first-order valence-electron chi connectivity index (χ1n) is 5.88. The lowest BCUT2D eigenvalue weighted by Crippen LogP contribution is -2.40. The van der Waals surface area contributed by atoms with E-state index in [1.807, 2.05) is 13.8 Å². The fourth-order valence-corrected chi connectivity index (χ4v) is 1.66. The molecule has 90 valence electrons. The molecule has 0 atom stereocenters. The minimum absolute atomic E-state index is 0.00470. The molecule has 0 heterocycles. The van der Waals surface area contributed by atoms with Gasteiger partial charge in [-0.3, -0.25) is 4.79 Å². The Morgan fingerprint density at radius 3 is 2.07 bits per heavy atom. The van der Waals surface area contributed by atoms with Crippen LogP contribution >= 0.6 is 0 Å². The van der Waals surface area contributed by atoms with Crippen molar-refractivity contribution in [1.29, 1.82) is 0 Å². The van der Waals surface area contributed by atoms with E-state index < -0.39 is 5.41 Å². The normalized spacial score (nSPS) is 12.7. The summed E-state index contributed by atoms with van der Waals surface area (Å²) in [6.45, 7) is 10.5. The highest BCUT2D eigenvalue weighted by Crippen LogP contribution is 2.43. The highest BCUT2D eigenvalue weighted by molar-refractivity contribution is 5.76. The quantitative estimate of drug-likeness (QED) is 0.496. The molecule has 0 aromatic heterocycles. The fraction of sp³-hybridized carbons (Fsp3) is 0.923. The molecule has 2 heteroatoms. The van der Waals surface area contributed by atoms with Gasteiger partial charge in [0, 0.05) is 0 Å². The van der Waals surface area contributed by atoms with Crippen molar-refractivity contribution in [2.45, 2.75) is 60.3 Å². The number of carbonyl (C=O) groups is 1. The second kappa shape index (κ2) is 5.53. The summed E-state index contributed by atoms with van der Waals surface area (Å²) in [5, 5.41) is 0. The molecule has 15 heavy (non-hydrogen) atoms. The third-order valence-corrected chi connectivity index (χ3v) is 3.79. The Morgan fingerprint density at radius 2 is 1.67 bits per heavy atom. The molecule has 0 N–H and O–H groups in total. The number of unbranched alkanes of at least 4 members (excludes halogenated alkanes) is 2. The zero-order chi connectivity index (χ0) is 12.1. The standard InChI is InChI=1S/C13H26O2/c1-7-8-9-10-12(2,3)13(4,5)11(14)15-6/h7-10H2,1-6H3. The van der Waals surface area contributed by atoms with Gasteiger partial charge in [0.05, 0.1) is 12.5 Å². The van der Waals surface area contributed by atoms with Gasteiger partial charge in [0.15, 0.2) is 0 Å². The molecular formula is C13H26O2. The Kier molecular flexibility index (Phi) is 5.33. The van der Waals surface area contributed by atoms with Gasteiger partial charge in [0.25, 0.3) is 0 Å². The van der Waals surface area contributed by atoms with Crippen LogP contribution < -0.4 is 0 Å².